The van der Waals surface area contributed by atoms with E-state index in [2.05, 4.69) is 20.5 Å². The predicted molar refractivity (Wildman–Crippen MR) is 140 cm³/mol. The standard InChI is InChI=1S/C25H32N4O4S2/c30-24(26-12-4-13-29(20-5-1-2-6-20)15-21-7-3-14-33-21)18-8-10-19(11-9-18)27-25-28-22-16-35(31,32)17-23(22)34-25/h3,7-11,14,20,22-23H,1-2,4-6,12-13,15-17H2,(H,26,30)(H,27,28)/t22-,23-/m0/s1. The molecule has 0 spiro atoms. The van der Waals surface area contributed by atoms with Gasteiger partial charge in [-0.3, -0.25) is 14.7 Å². The van der Waals surface area contributed by atoms with Gasteiger partial charge in [0.2, 0.25) is 0 Å². The van der Waals surface area contributed by atoms with Crippen molar-refractivity contribution in [2.24, 2.45) is 4.99 Å². The van der Waals surface area contributed by atoms with Crippen LogP contribution in [0.15, 0.2) is 52.1 Å². The van der Waals surface area contributed by atoms with Gasteiger partial charge in [0, 0.05) is 35.6 Å². The summed E-state index contributed by atoms with van der Waals surface area (Å²) in [6, 6.07) is 11.7. The lowest BCUT2D eigenvalue weighted by Crippen LogP contribution is -2.35. The SMILES string of the molecule is O=C(NCCCN(Cc1ccco1)C1CCCC1)c1ccc(NC2=N[C@H]3CS(=O)(=O)C[C@@H]3S2)cc1. The molecular formula is C25H32N4O4S2. The Balaban J connectivity index is 1.07. The highest BCUT2D eigenvalue weighted by atomic mass is 32.2. The maximum Gasteiger partial charge on any atom is 0.251 e. The summed E-state index contributed by atoms with van der Waals surface area (Å²) in [5, 5.41) is 7.04. The Kier molecular flexibility index (Phi) is 7.50. The third-order valence-corrected chi connectivity index (χ3v) is 10.0. The van der Waals surface area contributed by atoms with Crippen LogP contribution in [0, 0.1) is 0 Å². The number of hydrogen-bond acceptors (Lipinski definition) is 8. The fraction of sp³-hybridized carbons (Fsp3) is 0.520. The van der Waals surface area contributed by atoms with Crippen molar-refractivity contribution in [2.75, 3.05) is 29.9 Å². The van der Waals surface area contributed by atoms with E-state index in [4.69, 9.17) is 4.42 Å². The van der Waals surface area contributed by atoms with Gasteiger partial charge in [-0.05, 0) is 55.7 Å². The molecule has 1 saturated heterocycles. The zero-order valence-electron chi connectivity index (χ0n) is 19.7. The monoisotopic (exact) mass is 516 g/mol. The second-order valence-corrected chi connectivity index (χ2v) is 12.9. The van der Waals surface area contributed by atoms with Crippen LogP contribution < -0.4 is 10.6 Å². The van der Waals surface area contributed by atoms with E-state index in [-0.39, 0.29) is 28.7 Å². The molecule has 3 heterocycles. The van der Waals surface area contributed by atoms with E-state index < -0.39 is 9.84 Å². The van der Waals surface area contributed by atoms with E-state index in [1.807, 2.05) is 24.3 Å². The lowest BCUT2D eigenvalue weighted by Gasteiger charge is -2.28. The molecule has 10 heteroatoms. The average Bonchev–Trinajstić information content (AvgIpc) is 3.61. The Labute approximate surface area is 210 Å². The van der Waals surface area contributed by atoms with Crippen molar-refractivity contribution < 1.29 is 17.6 Å². The first-order valence-corrected chi connectivity index (χ1v) is 15.0. The molecular weight excluding hydrogens is 484 g/mol. The van der Waals surface area contributed by atoms with Crippen LogP contribution in [0.3, 0.4) is 0 Å². The van der Waals surface area contributed by atoms with Crippen LogP contribution in [0.2, 0.25) is 0 Å². The van der Waals surface area contributed by atoms with Gasteiger partial charge in [-0.15, -0.1) is 0 Å². The molecule has 1 amide bonds. The summed E-state index contributed by atoms with van der Waals surface area (Å²) in [5.41, 5.74) is 1.45. The molecule has 5 rings (SSSR count). The largest absolute Gasteiger partial charge is 0.468 e. The van der Waals surface area contributed by atoms with Crippen LogP contribution in [0.25, 0.3) is 0 Å². The summed E-state index contributed by atoms with van der Waals surface area (Å²) in [6.45, 7) is 2.37. The number of amidine groups is 1. The van der Waals surface area contributed by atoms with Crippen molar-refractivity contribution in [3.05, 3.63) is 54.0 Å². The molecule has 35 heavy (non-hydrogen) atoms. The van der Waals surface area contributed by atoms with Crippen molar-refractivity contribution in [1.82, 2.24) is 10.2 Å². The highest BCUT2D eigenvalue weighted by Crippen LogP contribution is 2.34. The molecule has 2 aromatic rings. The van der Waals surface area contributed by atoms with Crippen molar-refractivity contribution >= 4 is 38.4 Å². The fourth-order valence-electron chi connectivity index (χ4n) is 5.09. The van der Waals surface area contributed by atoms with Gasteiger partial charge >= 0.3 is 0 Å². The molecule has 0 bridgehead atoms. The third kappa shape index (κ3) is 6.29. The van der Waals surface area contributed by atoms with Gasteiger partial charge in [0.05, 0.1) is 30.4 Å². The smallest absolute Gasteiger partial charge is 0.251 e. The molecule has 3 aliphatic rings. The number of hydrogen-bond donors (Lipinski definition) is 2. The van der Waals surface area contributed by atoms with E-state index >= 15 is 0 Å². The van der Waals surface area contributed by atoms with Crippen molar-refractivity contribution in [3.63, 3.8) is 0 Å². The van der Waals surface area contributed by atoms with Crippen molar-refractivity contribution in [1.29, 1.82) is 0 Å². The Bertz CT molecular complexity index is 1140. The number of fused-ring (bicyclic) bond motifs is 1. The number of nitrogens with zero attached hydrogens (tertiary/aromatic N) is 2. The van der Waals surface area contributed by atoms with E-state index in [0.717, 1.165) is 36.1 Å². The molecule has 2 atom stereocenters. The molecule has 2 fully saturated rings. The quantitative estimate of drug-likeness (QED) is 0.492. The Morgan fingerprint density at radius 1 is 1.14 bits per heavy atom. The second kappa shape index (κ2) is 10.8. The highest BCUT2D eigenvalue weighted by Gasteiger charge is 2.42. The summed E-state index contributed by atoms with van der Waals surface area (Å²) >= 11 is 1.49. The Hall–Kier alpha value is -2.30. The third-order valence-electron chi connectivity index (χ3n) is 6.90. The van der Waals surface area contributed by atoms with Gasteiger partial charge < -0.3 is 15.1 Å². The first kappa shape index (κ1) is 24.4. The first-order valence-electron chi connectivity index (χ1n) is 12.3. The molecule has 0 unspecified atom stereocenters. The number of nitrogens with one attached hydrogen (secondary N) is 2. The maximum absolute atomic E-state index is 12.6. The number of furan rings is 1. The summed E-state index contributed by atoms with van der Waals surface area (Å²) in [7, 11) is -2.96. The zero-order chi connectivity index (χ0) is 24.3. The highest BCUT2D eigenvalue weighted by molar-refractivity contribution is 8.15. The minimum atomic E-state index is -2.96. The molecule has 1 aromatic heterocycles. The Morgan fingerprint density at radius 3 is 2.66 bits per heavy atom. The molecule has 188 valence electrons. The zero-order valence-corrected chi connectivity index (χ0v) is 21.3. The molecule has 0 radical (unpaired) electrons. The molecule has 1 aromatic carbocycles. The minimum Gasteiger partial charge on any atom is -0.468 e. The number of thioether (sulfide) groups is 1. The summed E-state index contributed by atoms with van der Waals surface area (Å²) < 4.78 is 29.0. The van der Waals surface area contributed by atoms with E-state index in [1.54, 1.807) is 18.4 Å². The van der Waals surface area contributed by atoms with E-state index in [1.165, 1.54) is 37.4 Å². The lowest BCUT2D eigenvalue weighted by atomic mass is 10.1. The number of carbonyl (C=O) groups is 1. The van der Waals surface area contributed by atoms with Gasteiger partial charge in [-0.1, -0.05) is 24.6 Å². The van der Waals surface area contributed by atoms with Crippen LogP contribution >= 0.6 is 11.8 Å². The normalized spacial score (nSPS) is 23.4. The molecule has 1 aliphatic carbocycles. The van der Waals surface area contributed by atoms with Gasteiger partial charge in [0.1, 0.15) is 5.76 Å². The maximum atomic E-state index is 12.6. The van der Waals surface area contributed by atoms with Crippen molar-refractivity contribution in [3.8, 4) is 0 Å². The van der Waals surface area contributed by atoms with Crippen LogP contribution in [-0.2, 0) is 16.4 Å². The number of amides is 1. The molecule has 2 N–H and O–H groups in total. The van der Waals surface area contributed by atoms with Gasteiger partial charge in [-0.2, -0.15) is 0 Å². The van der Waals surface area contributed by atoms with Crippen LogP contribution in [0.4, 0.5) is 5.69 Å². The molecule has 8 nitrogen and oxygen atoms in total. The number of benzene rings is 1. The molecule has 2 aliphatic heterocycles. The number of rotatable bonds is 9. The topological polar surface area (TPSA) is 104 Å². The van der Waals surface area contributed by atoms with E-state index in [0.29, 0.717) is 18.2 Å². The lowest BCUT2D eigenvalue weighted by molar-refractivity contribution is 0.0949. The number of carbonyl (C=O) groups excluding carboxylic acids is 1. The van der Waals surface area contributed by atoms with Crippen LogP contribution in [0.5, 0.6) is 0 Å². The first-order chi connectivity index (χ1) is 16.9. The average molecular weight is 517 g/mol. The van der Waals surface area contributed by atoms with Crippen LogP contribution in [0.1, 0.15) is 48.2 Å². The predicted octanol–water partition coefficient (Wildman–Crippen LogP) is 3.52. The van der Waals surface area contributed by atoms with Gasteiger partial charge in [0.15, 0.2) is 15.0 Å². The number of sulfone groups is 1. The van der Waals surface area contributed by atoms with Gasteiger partial charge in [-0.25, -0.2) is 8.42 Å². The van der Waals surface area contributed by atoms with Crippen molar-refractivity contribution in [2.45, 2.75) is 56.0 Å². The number of aliphatic imine (C=N–C) groups is 1. The second-order valence-electron chi connectivity index (χ2n) is 9.53. The molecule has 1 saturated carbocycles. The summed E-state index contributed by atoms with van der Waals surface area (Å²) in [6.07, 6.45) is 7.66. The van der Waals surface area contributed by atoms with E-state index in [9.17, 15) is 13.2 Å². The van der Waals surface area contributed by atoms with Crippen LogP contribution in [-0.4, -0.2) is 66.3 Å². The number of anilines is 1. The fourth-order valence-corrected chi connectivity index (χ4v) is 8.77. The summed E-state index contributed by atoms with van der Waals surface area (Å²) in [5.74, 6) is 1.24. The minimum absolute atomic E-state index is 0.0104. The summed E-state index contributed by atoms with van der Waals surface area (Å²) in [4.78, 5) is 19.6. The Morgan fingerprint density at radius 2 is 1.94 bits per heavy atom. The van der Waals surface area contributed by atoms with Gasteiger partial charge in [0.25, 0.3) is 5.91 Å².